The molecule has 0 fully saturated rings. The molecule has 3 rings (SSSR count). The summed E-state index contributed by atoms with van der Waals surface area (Å²) in [7, 11) is 0. The number of aromatic nitrogens is 3. The molecule has 0 atom stereocenters. The summed E-state index contributed by atoms with van der Waals surface area (Å²) >= 11 is 0. The molecule has 1 aromatic carbocycles. The van der Waals surface area contributed by atoms with E-state index >= 15 is 0 Å². The van der Waals surface area contributed by atoms with E-state index in [-0.39, 0.29) is 5.82 Å². The molecule has 0 aliphatic carbocycles. The Morgan fingerprint density at radius 3 is 2.35 bits per heavy atom. The molecule has 0 bridgehead atoms. The van der Waals surface area contributed by atoms with Gasteiger partial charge in [-0.05, 0) is 36.8 Å². The topological polar surface area (TPSA) is 30.7 Å². The lowest BCUT2D eigenvalue weighted by molar-refractivity contribution is -0.137. The summed E-state index contributed by atoms with van der Waals surface area (Å²) in [5, 5.41) is 4.09. The highest BCUT2D eigenvalue weighted by atomic mass is 19.4. The van der Waals surface area contributed by atoms with Crippen LogP contribution in [-0.2, 0) is 6.18 Å². The molecule has 3 aromatic rings. The van der Waals surface area contributed by atoms with Gasteiger partial charge in [0, 0.05) is 11.8 Å². The molecule has 7 heteroatoms. The SMILES string of the molecule is Cc1c(-c2ccc(C(F)(F)F)cc2)cnn1-c1ncccc1F. The van der Waals surface area contributed by atoms with Crippen LogP contribution in [0.5, 0.6) is 0 Å². The molecule has 0 amide bonds. The molecule has 0 aliphatic heterocycles. The van der Waals surface area contributed by atoms with Gasteiger partial charge in [-0.15, -0.1) is 0 Å². The molecule has 0 unspecified atom stereocenters. The Bertz CT molecular complexity index is 835. The fourth-order valence-electron chi connectivity index (χ4n) is 2.28. The smallest absolute Gasteiger partial charge is 0.235 e. The van der Waals surface area contributed by atoms with Crippen molar-refractivity contribution in [2.75, 3.05) is 0 Å². The van der Waals surface area contributed by atoms with Crippen molar-refractivity contribution in [3.8, 4) is 16.9 Å². The van der Waals surface area contributed by atoms with Gasteiger partial charge in [0.15, 0.2) is 11.6 Å². The number of benzene rings is 1. The molecule has 0 spiro atoms. The molecule has 2 heterocycles. The minimum absolute atomic E-state index is 0.0446. The standard InChI is InChI=1S/C16H11F4N3/c1-10-13(11-4-6-12(7-5-11)16(18,19)20)9-22-23(10)15-14(17)3-2-8-21-15/h2-9H,1H3. The monoisotopic (exact) mass is 321 g/mol. The van der Waals surface area contributed by atoms with Gasteiger partial charge >= 0.3 is 6.18 Å². The van der Waals surface area contributed by atoms with Crippen molar-refractivity contribution in [3.63, 3.8) is 0 Å². The van der Waals surface area contributed by atoms with E-state index in [1.165, 1.54) is 41.3 Å². The van der Waals surface area contributed by atoms with Gasteiger partial charge in [0.25, 0.3) is 0 Å². The van der Waals surface area contributed by atoms with Crippen molar-refractivity contribution >= 4 is 0 Å². The summed E-state index contributed by atoms with van der Waals surface area (Å²) in [6.07, 6.45) is -1.46. The van der Waals surface area contributed by atoms with Gasteiger partial charge in [-0.1, -0.05) is 12.1 Å². The summed E-state index contributed by atoms with van der Waals surface area (Å²) in [6, 6.07) is 7.48. The summed E-state index contributed by atoms with van der Waals surface area (Å²) in [5.41, 5.74) is 1.05. The number of rotatable bonds is 2. The minimum Gasteiger partial charge on any atom is -0.235 e. The zero-order valence-corrected chi connectivity index (χ0v) is 12.0. The maximum absolute atomic E-state index is 13.8. The van der Waals surface area contributed by atoms with Crippen LogP contribution in [0.3, 0.4) is 0 Å². The van der Waals surface area contributed by atoms with E-state index in [9.17, 15) is 17.6 Å². The van der Waals surface area contributed by atoms with Crippen LogP contribution < -0.4 is 0 Å². The van der Waals surface area contributed by atoms with Crippen molar-refractivity contribution in [2.45, 2.75) is 13.1 Å². The van der Waals surface area contributed by atoms with Crippen LogP contribution >= 0.6 is 0 Å². The molecule has 3 nitrogen and oxygen atoms in total. The van der Waals surface area contributed by atoms with E-state index in [0.29, 0.717) is 16.8 Å². The fourth-order valence-corrected chi connectivity index (χ4v) is 2.28. The molecule has 23 heavy (non-hydrogen) atoms. The van der Waals surface area contributed by atoms with Gasteiger partial charge in [0.05, 0.1) is 17.5 Å². The highest BCUT2D eigenvalue weighted by molar-refractivity contribution is 5.66. The molecule has 2 aromatic heterocycles. The van der Waals surface area contributed by atoms with Crippen LogP contribution in [0.1, 0.15) is 11.3 Å². The first-order valence-corrected chi connectivity index (χ1v) is 6.71. The summed E-state index contributed by atoms with van der Waals surface area (Å²) < 4.78 is 52.9. The zero-order valence-electron chi connectivity index (χ0n) is 12.0. The average molecular weight is 321 g/mol. The van der Waals surface area contributed by atoms with Crippen LogP contribution in [-0.4, -0.2) is 14.8 Å². The molecule has 0 saturated carbocycles. The van der Waals surface area contributed by atoms with E-state index in [4.69, 9.17) is 0 Å². The molecule has 0 N–H and O–H groups in total. The fraction of sp³-hybridized carbons (Fsp3) is 0.125. The number of hydrogen-bond acceptors (Lipinski definition) is 2. The molecule has 0 aliphatic rings. The Hall–Kier alpha value is -2.70. The van der Waals surface area contributed by atoms with Crippen LogP contribution in [0.2, 0.25) is 0 Å². The van der Waals surface area contributed by atoms with E-state index in [1.54, 1.807) is 6.92 Å². The van der Waals surface area contributed by atoms with Gasteiger partial charge < -0.3 is 0 Å². The largest absolute Gasteiger partial charge is 0.416 e. The Kier molecular flexibility index (Phi) is 3.63. The third kappa shape index (κ3) is 2.81. The second-order valence-electron chi connectivity index (χ2n) is 4.94. The number of hydrogen-bond donors (Lipinski definition) is 0. The zero-order chi connectivity index (χ0) is 16.6. The quantitative estimate of drug-likeness (QED) is 0.655. The van der Waals surface area contributed by atoms with E-state index in [1.807, 2.05) is 0 Å². The second kappa shape index (κ2) is 5.49. The van der Waals surface area contributed by atoms with Crippen LogP contribution in [0, 0.1) is 12.7 Å². The van der Waals surface area contributed by atoms with Crippen molar-refractivity contribution in [3.05, 3.63) is 65.9 Å². The third-order valence-electron chi connectivity index (χ3n) is 3.47. The van der Waals surface area contributed by atoms with E-state index in [2.05, 4.69) is 10.1 Å². The highest BCUT2D eigenvalue weighted by Crippen LogP contribution is 2.32. The molecular weight excluding hydrogens is 310 g/mol. The van der Waals surface area contributed by atoms with Crippen molar-refractivity contribution in [1.29, 1.82) is 0 Å². The predicted molar refractivity (Wildman–Crippen MR) is 76.5 cm³/mol. The summed E-state index contributed by atoms with van der Waals surface area (Å²) in [4.78, 5) is 3.94. The normalized spacial score (nSPS) is 11.7. The molecule has 118 valence electrons. The molecule has 0 saturated heterocycles. The number of alkyl halides is 3. The maximum atomic E-state index is 13.8. The second-order valence-corrected chi connectivity index (χ2v) is 4.94. The van der Waals surface area contributed by atoms with Gasteiger partial charge in [-0.3, -0.25) is 0 Å². The van der Waals surface area contributed by atoms with Crippen molar-refractivity contribution < 1.29 is 17.6 Å². The number of pyridine rings is 1. The first-order valence-electron chi connectivity index (χ1n) is 6.71. The first kappa shape index (κ1) is 15.2. The number of halogens is 4. The Morgan fingerprint density at radius 2 is 1.74 bits per heavy atom. The van der Waals surface area contributed by atoms with Gasteiger partial charge in [-0.2, -0.15) is 18.3 Å². The Morgan fingerprint density at radius 1 is 1.04 bits per heavy atom. The van der Waals surface area contributed by atoms with Crippen LogP contribution in [0.25, 0.3) is 16.9 Å². The van der Waals surface area contributed by atoms with Gasteiger partial charge in [0.1, 0.15) is 0 Å². The van der Waals surface area contributed by atoms with E-state index < -0.39 is 17.6 Å². The predicted octanol–water partition coefficient (Wildman–Crippen LogP) is 4.40. The lowest BCUT2D eigenvalue weighted by Crippen LogP contribution is -2.05. The van der Waals surface area contributed by atoms with Crippen molar-refractivity contribution in [2.24, 2.45) is 0 Å². The third-order valence-corrected chi connectivity index (χ3v) is 3.47. The summed E-state index contributed by atoms with van der Waals surface area (Å²) in [5.74, 6) is -0.485. The lowest BCUT2D eigenvalue weighted by Gasteiger charge is -2.08. The van der Waals surface area contributed by atoms with Gasteiger partial charge in [-0.25, -0.2) is 14.1 Å². The Balaban J connectivity index is 2.01. The Labute approximate surface area is 129 Å². The van der Waals surface area contributed by atoms with Crippen LogP contribution in [0.15, 0.2) is 48.8 Å². The molecule has 0 radical (unpaired) electrons. The van der Waals surface area contributed by atoms with E-state index in [0.717, 1.165) is 12.1 Å². The average Bonchev–Trinajstić information content (AvgIpc) is 2.89. The van der Waals surface area contributed by atoms with Crippen molar-refractivity contribution in [1.82, 2.24) is 14.8 Å². The van der Waals surface area contributed by atoms with Crippen LogP contribution in [0.4, 0.5) is 17.6 Å². The minimum atomic E-state index is -4.38. The van der Waals surface area contributed by atoms with Gasteiger partial charge in [0.2, 0.25) is 0 Å². The maximum Gasteiger partial charge on any atom is 0.416 e. The lowest BCUT2D eigenvalue weighted by atomic mass is 10.0. The summed E-state index contributed by atoms with van der Waals surface area (Å²) in [6.45, 7) is 1.70. The molecular formula is C16H11F4N3. The number of nitrogens with zero attached hydrogens (tertiary/aromatic N) is 3. The first-order chi connectivity index (χ1) is 10.9. The highest BCUT2D eigenvalue weighted by Gasteiger charge is 2.30.